The summed E-state index contributed by atoms with van der Waals surface area (Å²) in [6, 6.07) is 10.8. The standard InChI is InChI=1S/C16H16BrNO3/c1-10-5-4-6-14(15(10)17)16(19)18-11-7-12(20-2)9-13(8-11)21-3/h4-9H,1-3H3,(H,18,19). The first kappa shape index (κ1) is 15.4. The van der Waals surface area contributed by atoms with Crippen LogP contribution in [0.15, 0.2) is 40.9 Å². The maximum atomic E-state index is 12.4. The lowest BCUT2D eigenvalue weighted by Gasteiger charge is -2.11. The number of anilines is 1. The van der Waals surface area contributed by atoms with Crippen molar-refractivity contribution in [3.63, 3.8) is 0 Å². The summed E-state index contributed by atoms with van der Waals surface area (Å²) in [6.45, 7) is 1.94. The molecule has 0 aliphatic heterocycles. The summed E-state index contributed by atoms with van der Waals surface area (Å²) in [5.74, 6) is 1.04. The maximum absolute atomic E-state index is 12.4. The van der Waals surface area contributed by atoms with Gasteiger partial charge >= 0.3 is 0 Å². The van der Waals surface area contributed by atoms with Crippen molar-refractivity contribution in [1.29, 1.82) is 0 Å². The van der Waals surface area contributed by atoms with E-state index in [4.69, 9.17) is 9.47 Å². The number of ether oxygens (including phenoxy) is 2. The Morgan fingerprint density at radius 1 is 1.10 bits per heavy atom. The first-order valence-electron chi connectivity index (χ1n) is 6.34. The second-order valence-corrected chi connectivity index (χ2v) is 5.28. The second kappa shape index (κ2) is 6.63. The molecule has 0 saturated carbocycles. The molecule has 0 unspecified atom stereocenters. The summed E-state index contributed by atoms with van der Waals surface area (Å²) in [5.41, 5.74) is 2.20. The van der Waals surface area contributed by atoms with E-state index in [-0.39, 0.29) is 5.91 Å². The first-order valence-corrected chi connectivity index (χ1v) is 7.14. The van der Waals surface area contributed by atoms with Crippen LogP contribution < -0.4 is 14.8 Å². The van der Waals surface area contributed by atoms with Gasteiger partial charge in [-0.05, 0) is 34.5 Å². The van der Waals surface area contributed by atoms with Crippen LogP contribution in [-0.4, -0.2) is 20.1 Å². The third-order valence-electron chi connectivity index (χ3n) is 3.05. The molecule has 0 spiro atoms. The van der Waals surface area contributed by atoms with Crippen molar-refractivity contribution in [2.75, 3.05) is 19.5 Å². The van der Waals surface area contributed by atoms with E-state index in [9.17, 15) is 4.79 Å². The minimum Gasteiger partial charge on any atom is -0.497 e. The Kier molecular flexibility index (Phi) is 4.85. The van der Waals surface area contributed by atoms with Gasteiger partial charge in [0.25, 0.3) is 5.91 Å². The summed E-state index contributed by atoms with van der Waals surface area (Å²) >= 11 is 3.44. The molecule has 2 aromatic carbocycles. The third-order valence-corrected chi connectivity index (χ3v) is 4.10. The summed E-state index contributed by atoms with van der Waals surface area (Å²) in [4.78, 5) is 12.4. The zero-order valence-electron chi connectivity index (χ0n) is 12.1. The van der Waals surface area contributed by atoms with Crippen molar-refractivity contribution in [3.05, 3.63) is 52.0 Å². The quantitative estimate of drug-likeness (QED) is 0.906. The first-order chi connectivity index (χ1) is 10.0. The Balaban J connectivity index is 2.29. The molecule has 21 heavy (non-hydrogen) atoms. The van der Waals surface area contributed by atoms with E-state index in [1.807, 2.05) is 19.1 Å². The van der Waals surface area contributed by atoms with E-state index in [0.29, 0.717) is 22.7 Å². The number of nitrogens with one attached hydrogen (secondary N) is 1. The molecule has 1 N–H and O–H groups in total. The predicted molar refractivity (Wildman–Crippen MR) is 86.4 cm³/mol. The average molecular weight is 350 g/mol. The lowest BCUT2D eigenvalue weighted by Crippen LogP contribution is -2.13. The zero-order valence-corrected chi connectivity index (χ0v) is 13.7. The number of carbonyl (C=O) groups is 1. The molecular weight excluding hydrogens is 334 g/mol. The molecule has 0 aliphatic carbocycles. The van der Waals surface area contributed by atoms with E-state index in [2.05, 4.69) is 21.2 Å². The van der Waals surface area contributed by atoms with Crippen molar-refractivity contribution in [1.82, 2.24) is 0 Å². The Bertz CT molecular complexity index is 648. The van der Waals surface area contributed by atoms with Crippen molar-refractivity contribution >= 4 is 27.5 Å². The lowest BCUT2D eigenvalue weighted by atomic mass is 10.1. The zero-order chi connectivity index (χ0) is 15.4. The van der Waals surface area contributed by atoms with Crippen molar-refractivity contribution in [2.24, 2.45) is 0 Å². The fourth-order valence-electron chi connectivity index (χ4n) is 1.90. The van der Waals surface area contributed by atoms with Gasteiger partial charge in [-0.25, -0.2) is 0 Å². The van der Waals surface area contributed by atoms with Crippen molar-refractivity contribution in [3.8, 4) is 11.5 Å². The predicted octanol–water partition coefficient (Wildman–Crippen LogP) is 4.03. The summed E-state index contributed by atoms with van der Waals surface area (Å²) < 4.78 is 11.2. The highest BCUT2D eigenvalue weighted by Crippen LogP contribution is 2.27. The van der Waals surface area contributed by atoms with Gasteiger partial charge in [0.05, 0.1) is 19.8 Å². The molecule has 0 fully saturated rings. The molecule has 4 nitrogen and oxygen atoms in total. The van der Waals surface area contributed by atoms with Gasteiger partial charge in [0.15, 0.2) is 0 Å². The molecule has 0 aliphatic rings. The van der Waals surface area contributed by atoms with E-state index >= 15 is 0 Å². The number of aryl methyl sites for hydroxylation is 1. The molecule has 0 saturated heterocycles. The molecule has 5 heteroatoms. The molecule has 0 bridgehead atoms. The number of rotatable bonds is 4. The minimum absolute atomic E-state index is 0.194. The van der Waals surface area contributed by atoms with Gasteiger partial charge in [-0.15, -0.1) is 0 Å². The molecule has 2 rings (SSSR count). The molecular formula is C16H16BrNO3. The van der Waals surface area contributed by atoms with Crippen LogP contribution in [0, 0.1) is 6.92 Å². The number of halogens is 1. The topological polar surface area (TPSA) is 47.6 Å². The normalized spacial score (nSPS) is 10.1. The van der Waals surface area contributed by atoms with Crippen LogP contribution in [0.3, 0.4) is 0 Å². The maximum Gasteiger partial charge on any atom is 0.256 e. The molecule has 0 heterocycles. The van der Waals surface area contributed by atoms with Crippen LogP contribution in [0.5, 0.6) is 11.5 Å². The average Bonchev–Trinajstić information content (AvgIpc) is 2.49. The van der Waals surface area contributed by atoms with Gasteiger partial charge in [-0.2, -0.15) is 0 Å². The fourth-order valence-corrected chi connectivity index (χ4v) is 2.35. The van der Waals surface area contributed by atoms with E-state index in [1.165, 1.54) is 0 Å². The number of carbonyl (C=O) groups excluding carboxylic acids is 1. The van der Waals surface area contributed by atoms with Crippen LogP contribution in [0.2, 0.25) is 0 Å². The Labute approximate surface area is 132 Å². The van der Waals surface area contributed by atoms with Gasteiger partial charge < -0.3 is 14.8 Å². The molecule has 0 radical (unpaired) electrons. The van der Waals surface area contributed by atoms with Crippen LogP contribution in [0.4, 0.5) is 5.69 Å². The molecule has 2 aromatic rings. The van der Waals surface area contributed by atoms with Gasteiger partial charge in [-0.1, -0.05) is 12.1 Å². The summed E-state index contributed by atoms with van der Waals surface area (Å²) in [6.07, 6.45) is 0. The summed E-state index contributed by atoms with van der Waals surface area (Å²) in [5, 5.41) is 2.85. The largest absolute Gasteiger partial charge is 0.497 e. The van der Waals surface area contributed by atoms with E-state index < -0.39 is 0 Å². The van der Waals surface area contributed by atoms with Gasteiger partial charge in [0, 0.05) is 28.4 Å². The highest BCUT2D eigenvalue weighted by Gasteiger charge is 2.12. The van der Waals surface area contributed by atoms with Crippen molar-refractivity contribution < 1.29 is 14.3 Å². The van der Waals surface area contributed by atoms with Crippen molar-refractivity contribution in [2.45, 2.75) is 6.92 Å². The third kappa shape index (κ3) is 3.55. The number of benzene rings is 2. The fraction of sp³-hybridized carbons (Fsp3) is 0.188. The van der Waals surface area contributed by atoms with Gasteiger partial charge in [-0.3, -0.25) is 4.79 Å². The number of amides is 1. The minimum atomic E-state index is -0.194. The molecule has 0 aromatic heterocycles. The van der Waals surface area contributed by atoms with Crippen LogP contribution >= 0.6 is 15.9 Å². The summed E-state index contributed by atoms with van der Waals surface area (Å²) in [7, 11) is 3.13. The lowest BCUT2D eigenvalue weighted by molar-refractivity contribution is 0.102. The van der Waals surface area contributed by atoms with Crippen LogP contribution in [0.1, 0.15) is 15.9 Å². The van der Waals surface area contributed by atoms with Crippen LogP contribution in [0.25, 0.3) is 0 Å². The molecule has 0 atom stereocenters. The molecule has 1 amide bonds. The SMILES string of the molecule is COc1cc(NC(=O)c2cccc(C)c2Br)cc(OC)c1. The highest BCUT2D eigenvalue weighted by molar-refractivity contribution is 9.10. The second-order valence-electron chi connectivity index (χ2n) is 4.49. The number of hydrogen-bond acceptors (Lipinski definition) is 3. The van der Waals surface area contributed by atoms with Crippen LogP contribution in [-0.2, 0) is 0 Å². The monoisotopic (exact) mass is 349 g/mol. The van der Waals surface area contributed by atoms with E-state index in [0.717, 1.165) is 10.0 Å². The highest BCUT2D eigenvalue weighted by atomic mass is 79.9. The Morgan fingerprint density at radius 2 is 1.71 bits per heavy atom. The number of hydrogen-bond donors (Lipinski definition) is 1. The smallest absolute Gasteiger partial charge is 0.256 e. The van der Waals surface area contributed by atoms with Gasteiger partial charge in [0.2, 0.25) is 0 Å². The van der Waals surface area contributed by atoms with E-state index in [1.54, 1.807) is 38.5 Å². The Morgan fingerprint density at radius 3 is 2.29 bits per heavy atom. The van der Waals surface area contributed by atoms with Gasteiger partial charge in [0.1, 0.15) is 11.5 Å². The Hall–Kier alpha value is -2.01. The number of methoxy groups -OCH3 is 2. The molecule has 110 valence electrons.